The number of aryl methyl sites for hydroxylation is 1. The number of H-pyrrole nitrogens is 1. The fraction of sp³-hybridized carbons (Fsp3) is 0.333. The number of rotatable bonds is 5. The first kappa shape index (κ1) is 17.7. The third-order valence-corrected chi connectivity index (χ3v) is 4.56. The summed E-state index contributed by atoms with van der Waals surface area (Å²) < 4.78 is 1.27. The van der Waals surface area contributed by atoms with Crippen LogP contribution in [0.15, 0.2) is 46.1 Å². The number of aromatic nitrogens is 2. The summed E-state index contributed by atoms with van der Waals surface area (Å²) in [6, 6.07) is 8.89. The molecule has 1 aromatic heterocycles. The van der Waals surface area contributed by atoms with Gasteiger partial charge in [0.25, 0.3) is 5.56 Å². The molecule has 8 heteroatoms. The molecule has 1 aromatic carbocycles. The lowest BCUT2D eigenvalue weighted by atomic mass is 9.89. The first-order valence-corrected chi connectivity index (χ1v) is 8.37. The van der Waals surface area contributed by atoms with E-state index in [1.807, 2.05) is 24.3 Å². The van der Waals surface area contributed by atoms with E-state index in [0.29, 0.717) is 13.0 Å². The molecule has 1 aliphatic heterocycles. The van der Waals surface area contributed by atoms with Crippen LogP contribution < -0.4 is 21.5 Å². The molecule has 1 atom stereocenters. The number of aromatic amines is 1. The molecule has 8 nitrogen and oxygen atoms in total. The number of amides is 2. The Morgan fingerprint density at radius 2 is 2.00 bits per heavy atom. The SMILES string of the molecule is CN1C(=O)C[C@@H](CNC(=O)CCn2ccc(=O)[nH]c2=O)c2ccccc21. The lowest BCUT2D eigenvalue weighted by molar-refractivity contribution is -0.122. The second kappa shape index (κ2) is 7.38. The van der Waals surface area contributed by atoms with Crippen molar-refractivity contribution >= 4 is 17.5 Å². The van der Waals surface area contributed by atoms with E-state index in [9.17, 15) is 19.2 Å². The second-order valence-electron chi connectivity index (χ2n) is 6.27. The lowest BCUT2D eigenvalue weighted by Gasteiger charge is -2.31. The van der Waals surface area contributed by atoms with Gasteiger partial charge in [-0.15, -0.1) is 0 Å². The van der Waals surface area contributed by atoms with Gasteiger partial charge in [0.2, 0.25) is 11.8 Å². The Kier molecular flexibility index (Phi) is 5.01. The van der Waals surface area contributed by atoms with Crippen molar-refractivity contribution in [2.75, 3.05) is 18.5 Å². The zero-order valence-electron chi connectivity index (χ0n) is 14.4. The third kappa shape index (κ3) is 3.74. The van der Waals surface area contributed by atoms with E-state index in [2.05, 4.69) is 10.3 Å². The molecule has 2 aromatic rings. The van der Waals surface area contributed by atoms with Crippen LogP contribution in [0.1, 0.15) is 24.3 Å². The molecule has 2 amide bonds. The number of fused-ring (bicyclic) bond motifs is 1. The zero-order valence-corrected chi connectivity index (χ0v) is 14.4. The van der Waals surface area contributed by atoms with Gasteiger partial charge in [0.15, 0.2) is 0 Å². The minimum absolute atomic E-state index is 0.0164. The lowest BCUT2D eigenvalue weighted by Crippen LogP contribution is -2.38. The van der Waals surface area contributed by atoms with E-state index in [-0.39, 0.29) is 30.7 Å². The van der Waals surface area contributed by atoms with Crippen LogP contribution in [-0.2, 0) is 16.1 Å². The van der Waals surface area contributed by atoms with Crippen molar-refractivity contribution < 1.29 is 9.59 Å². The van der Waals surface area contributed by atoms with Gasteiger partial charge in [-0.2, -0.15) is 0 Å². The largest absolute Gasteiger partial charge is 0.355 e. The van der Waals surface area contributed by atoms with Crippen LogP contribution >= 0.6 is 0 Å². The highest BCUT2D eigenvalue weighted by Crippen LogP contribution is 2.34. The average Bonchev–Trinajstić information content (AvgIpc) is 2.63. The summed E-state index contributed by atoms with van der Waals surface area (Å²) in [6.45, 7) is 0.528. The summed E-state index contributed by atoms with van der Waals surface area (Å²) in [6.07, 6.45) is 1.81. The Hall–Kier alpha value is -3.16. The first-order chi connectivity index (χ1) is 12.5. The molecule has 1 aliphatic rings. The maximum absolute atomic E-state index is 12.1. The molecule has 0 aliphatic carbocycles. The number of benzene rings is 1. The number of hydrogen-bond acceptors (Lipinski definition) is 4. The number of carbonyl (C=O) groups excluding carboxylic acids is 2. The molecule has 0 spiro atoms. The van der Waals surface area contributed by atoms with E-state index in [0.717, 1.165) is 11.3 Å². The Morgan fingerprint density at radius 3 is 2.77 bits per heavy atom. The summed E-state index contributed by atoms with van der Waals surface area (Å²) in [7, 11) is 1.75. The quantitative estimate of drug-likeness (QED) is 0.798. The summed E-state index contributed by atoms with van der Waals surface area (Å²) in [5, 5.41) is 2.83. The molecule has 0 saturated heterocycles. The van der Waals surface area contributed by atoms with E-state index in [1.165, 1.54) is 16.8 Å². The minimum atomic E-state index is -0.542. The second-order valence-corrected chi connectivity index (χ2v) is 6.27. The normalized spacial score (nSPS) is 16.3. The smallest absolute Gasteiger partial charge is 0.328 e. The Bertz CT molecular complexity index is 946. The highest BCUT2D eigenvalue weighted by Gasteiger charge is 2.28. The van der Waals surface area contributed by atoms with Crippen LogP contribution in [-0.4, -0.2) is 35.0 Å². The molecular weight excluding hydrogens is 336 g/mol. The molecule has 3 rings (SSSR count). The Morgan fingerprint density at radius 1 is 1.23 bits per heavy atom. The van der Waals surface area contributed by atoms with Crippen molar-refractivity contribution in [1.82, 2.24) is 14.9 Å². The molecular formula is C18H20N4O4. The van der Waals surface area contributed by atoms with Gasteiger partial charge in [0.05, 0.1) is 0 Å². The van der Waals surface area contributed by atoms with Gasteiger partial charge in [0.1, 0.15) is 0 Å². The van der Waals surface area contributed by atoms with E-state index in [4.69, 9.17) is 0 Å². The molecule has 2 N–H and O–H groups in total. The predicted octanol–water partition coefficient (Wildman–Crippen LogP) is 0.193. The van der Waals surface area contributed by atoms with Crippen LogP contribution in [0.5, 0.6) is 0 Å². The number of nitrogens with one attached hydrogen (secondary N) is 2. The van der Waals surface area contributed by atoms with Gasteiger partial charge in [-0.3, -0.25) is 19.4 Å². The molecule has 0 unspecified atom stereocenters. The molecule has 2 heterocycles. The van der Waals surface area contributed by atoms with Crippen molar-refractivity contribution in [3.05, 3.63) is 62.9 Å². The average molecular weight is 356 g/mol. The van der Waals surface area contributed by atoms with Gasteiger partial charge in [-0.05, 0) is 11.6 Å². The fourth-order valence-electron chi connectivity index (χ4n) is 3.08. The highest BCUT2D eigenvalue weighted by atomic mass is 16.2. The standard InChI is InChI=1S/C18H20N4O4/c1-21-14-5-3-2-4-13(14)12(10-17(21)25)11-19-15(23)6-8-22-9-7-16(24)20-18(22)26/h2-5,7,9,12H,6,8,10-11H2,1H3,(H,19,23)(H,20,24,26)/t12-/m0/s1. The molecule has 26 heavy (non-hydrogen) atoms. The zero-order chi connectivity index (χ0) is 18.7. The number of nitrogens with zero attached hydrogens (tertiary/aromatic N) is 2. The van der Waals surface area contributed by atoms with E-state index >= 15 is 0 Å². The van der Waals surface area contributed by atoms with Crippen molar-refractivity contribution in [3.63, 3.8) is 0 Å². The monoisotopic (exact) mass is 356 g/mol. The summed E-state index contributed by atoms with van der Waals surface area (Å²) in [4.78, 5) is 50.6. The van der Waals surface area contributed by atoms with Gasteiger partial charge in [0, 0.05) is 56.8 Å². The summed E-state index contributed by atoms with van der Waals surface area (Å²) >= 11 is 0. The van der Waals surface area contributed by atoms with Crippen molar-refractivity contribution in [2.24, 2.45) is 0 Å². The van der Waals surface area contributed by atoms with Crippen LogP contribution in [0.3, 0.4) is 0 Å². The van der Waals surface area contributed by atoms with Gasteiger partial charge < -0.3 is 14.8 Å². The molecule has 0 saturated carbocycles. The van der Waals surface area contributed by atoms with Crippen molar-refractivity contribution in [3.8, 4) is 0 Å². The molecule has 0 fully saturated rings. The van der Waals surface area contributed by atoms with Crippen LogP contribution in [0.4, 0.5) is 5.69 Å². The third-order valence-electron chi connectivity index (χ3n) is 4.56. The van der Waals surface area contributed by atoms with Crippen LogP contribution in [0.25, 0.3) is 0 Å². The highest BCUT2D eigenvalue weighted by molar-refractivity contribution is 5.96. The van der Waals surface area contributed by atoms with Crippen LogP contribution in [0, 0.1) is 0 Å². The van der Waals surface area contributed by atoms with E-state index < -0.39 is 11.2 Å². The van der Waals surface area contributed by atoms with Gasteiger partial charge in [-0.25, -0.2) is 4.79 Å². The predicted molar refractivity (Wildman–Crippen MR) is 96.2 cm³/mol. The number of carbonyl (C=O) groups is 2. The summed E-state index contributed by atoms with van der Waals surface area (Å²) in [5.74, 6) is -0.274. The maximum Gasteiger partial charge on any atom is 0.328 e. The van der Waals surface area contributed by atoms with Gasteiger partial charge >= 0.3 is 5.69 Å². The minimum Gasteiger partial charge on any atom is -0.355 e. The molecule has 136 valence electrons. The van der Waals surface area contributed by atoms with E-state index in [1.54, 1.807) is 11.9 Å². The Balaban J connectivity index is 1.59. The summed E-state index contributed by atoms with van der Waals surface area (Å²) in [5.41, 5.74) is 0.885. The molecule has 0 bridgehead atoms. The van der Waals surface area contributed by atoms with Crippen molar-refractivity contribution in [2.45, 2.75) is 25.3 Å². The fourth-order valence-corrected chi connectivity index (χ4v) is 3.08. The molecule has 0 radical (unpaired) electrons. The van der Waals surface area contributed by atoms with Crippen molar-refractivity contribution in [1.29, 1.82) is 0 Å². The van der Waals surface area contributed by atoms with Gasteiger partial charge in [-0.1, -0.05) is 18.2 Å². The Labute approximate surface area is 149 Å². The van der Waals surface area contributed by atoms with Crippen LogP contribution in [0.2, 0.25) is 0 Å². The number of hydrogen-bond donors (Lipinski definition) is 2. The topological polar surface area (TPSA) is 104 Å². The number of para-hydroxylation sites is 1. The maximum atomic E-state index is 12.1. The number of anilines is 1. The first-order valence-electron chi connectivity index (χ1n) is 8.37.